The van der Waals surface area contributed by atoms with Gasteiger partial charge in [-0.3, -0.25) is 4.90 Å². The summed E-state index contributed by atoms with van der Waals surface area (Å²) in [6.07, 6.45) is -4.30. The number of hydrogen-bond donors (Lipinski definition) is 1. The molecule has 3 rings (SSSR count). The van der Waals surface area contributed by atoms with Gasteiger partial charge in [0.15, 0.2) is 0 Å². The normalized spacial score (nSPS) is 17.1. The van der Waals surface area contributed by atoms with Crippen LogP contribution in [0.15, 0.2) is 48.5 Å². The molecule has 1 saturated heterocycles. The first-order chi connectivity index (χ1) is 12.7. The molecule has 1 N–H and O–H groups in total. The molecule has 6 heteroatoms. The molecule has 154 valence electrons. The number of hydrogen-bond acceptors (Lipinski definition) is 2. The van der Waals surface area contributed by atoms with E-state index in [2.05, 4.69) is 43.1 Å². The van der Waals surface area contributed by atoms with E-state index < -0.39 is 11.7 Å². The van der Waals surface area contributed by atoms with E-state index in [1.165, 1.54) is 17.7 Å². The van der Waals surface area contributed by atoms with E-state index >= 15 is 0 Å². The Bertz CT molecular complexity index is 743. The van der Waals surface area contributed by atoms with Crippen LogP contribution in [0.1, 0.15) is 37.9 Å². The van der Waals surface area contributed by atoms with Gasteiger partial charge in [-0.1, -0.05) is 57.2 Å². The van der Waals surface area contributed by atoms with Crippen LogP contribution in [0.4, 0.5) is 13.2 Å². The average molecular weight is 413 g/mol. The molecule has 1 atom stereocenters. The average Bonchev–Trinajstić information content (AvgIpc) is 2.62. The van der Waals surface area contributed by atoms with Gasteiger partial charge >= 0.3 is 6.18 Å². The SMILES string of the molecule is CC(C)(C)[C@H](c1ccc(-c2ccc(C(F)(F)F)cc2)cc1)N1CCNCC1.Cl. The van der Waals surface area contributed by atoms with Crippen molar-refractivity contribution in [3.05, 3.63) is 59.7 Å². The predicted octanol–water partition coefficient (Wildman–Crippen LogP) is 5.79. The van der Waals surface area contributed by atoms with Crippen LogP contribution >= 0.6 is 12.4 Å². The molecule has 0 aliphatic carbocycles. The van der Waals surface area contributed by atoms with Crippen LogP contribution in [-0.4, -0.2) is 31.1 Å². The molecule has 0 amide bonds. The summed E-state index contributed by atoms with van der Waals surface area (Å²) in [6, 6.07) is 13.9. The molecular formula is C22H28ClF3N2. The zero-order valence-corrected chi connectivity index (χ0v) is 17.3. The Balaban J connectivity index is 0.00000280. The molecule has 0 radical (unpaired) electrons. The molecular weight excluding hydrogens is 385 g/mol. The Kier molecular flexibility index (Phi) is 7.18. The standard InChI is InChI=1S/C22H27F3N2.ClH/c1-21(2,3)20(27-14-12-26-13-15-27)18-6-4-16(5-7-18)17-8-10-19(11-9-17)22(23,24)25;/h4-11,20,26H,12-15H2,1-3H3;1H/t20-;/m0./s1. The summed E-state index contributed by atoms with van der Waals surface area (Å²) in [5.74, 6) is 0. The largest absolute Gasteiger partial charge is 0.416 e. The van der Waals surface area contributed by atoms with Gasteiger partial charge in [-0.2, -0.15) is 13.2 Å². The van der Waals surface area contributed by atoms with Gasteiger partial charge in [0.25, 0.3) is 0 Å². The third-order valence-electron chi connectivity index (χ3n) is 5.11. The first-order valence-electron chi connectivity index (χ1n) is 9.38. The summed E-state index contributed by atoms with van der Waals surface area (Å²) in [5.41, 5.74) is 2.45. The van der Waals surface area contributed by atoms with Gasteiger partial charge in [0.1, 0.15) is 0 Å². The lowest BCUT2D eigenvalue weighted by Crippen LogP contribution is -2.48. The molecule has 0 aromatic heterocycles. The molecule has 2 nitrogen and oxygen atoms in total. The van der Waals surface area contributed by atoms with Gasteiger partial charge in [-0.25, -0.2) is 0 Å². The fraction of sp³-hybridized carbons (Fsp3) is 0.455. The van der Waals surface area contributed by atoms with E-state index in [1.54, 1.807) is 0 Å². The summed E-state index contributed by atoms with van der Waals surface area (Å²) in [4.78, 5) is 2.52. The van der Waals surface area contributed by atoms with Crippen molar-refractivity contribution in [3.63, 3.8) is 0 Å². The molecule has 1 aliphatic heterocycles. The maximum absolute atomic E-state index is 12.7. The highest BCUT2D eigenvalue weighted by molar-refractivity contribution is 5.85. The van der Waals surface area contributed by atoms with Crippen LogP contribution in [0.3, 0.4) is 0 Å². The lowest BCUT2D eigenvalue weighted by atomic mass is 9.80. The van der Waals surface area contributed by atoms with Gasteiger partial charge in [0.05, 0.1) is 5.56 Å². The predicted molar refractivity (Wildman–Crippen MR) is 111 cm³/mol. The fourth-order valence-corrected chi connectivity index (χ4v) is 3.91. The van der Waals surface area contributed by atoms with E-state index in [-0.39, 0.29) is 17.8 Å². The Morgan fingerprint density at radius 2 is 1.29 bits per heavy atom. The van der Waals surface area contributed by atoms with Crippen molar-refractivity contribution >= 4 is 12.4 Å². The molecule has 0 saturated carbocycles. The highest BCUT2D eigenvalue weighted by atomic mass is 35.5. The van der Waals surface area contributed by atoms with Crippen LogP contribution in [0.25, 0.3) is 11.1 Å². The second-order valence-electron chi connectivity index (χ2n) is 8.25. The maximum Gasteiger partial charge on any atom is 0.416 e. The zero-order valence-electron chi connectivity index (χ0n) is 16.5. The molecule has 0 unspecified atom stereocenters. The number of piperazine rings is 1. The van der Waals surface area contributed by atoms with Crippen molar-refractivity contribution in [3.8, 4) is 11.1 Å². The van der Waals surface area contributed by atoms with E-state index in [0.717, 1.165) is 49.4 Å². The van der Waals surface area contributed by atoms with Gasteiger partial charge in [0, 0.05) is 32.2 Å². The number of alkyl halides is 3. The second-order valence-corrected chi connectivity index (χ2v) is 8.25. The molecule has 0 spiro atoms. The summed E-state index contributed by atoms with van der Waals surface area (Å²) in [6.45, 7) is 10.8. The summed E-state index contributed by atoms with van der Waals surface area (Å²) in [5, 5.41) is 3.40. The Morgan fingerprint density at radius 1 is 0.821 bits per heavy atom. The molecule has 1 fully saturated rings. The van der Waals surface area contributed by atoms with E-state index in [4.69, 9.17) is 0 Å². The Labute approximate surface area is 171 Å². The molecule has 1 heterocycles. The molecule has 0 bridgehead atoms. The lowest BCUT2D eigenvalue weighted by Gasteiger charge is -2.42. The monoisotopic (exact) mass is 412 g/mol. The van der Waals surface area contributed by atoms with Crippen LogP contribution < -0.4 is 5.32 Å². The third kappa shape index (κ3) is 5.28. The fourth-order valence-electron chi connectivity index (χ4n) is 3.91. The Hall–Kier alpha value is -1.56. The van der Waals surface area contributed by atoms with Crippen molar-refractivity contribution in [2.24, 2.45) is 5.41 Å². The first-order valence-corrected chi connectivity index (χ1v) is 9.38. The van der Waals surface area contributed by atoms with Crippen LogP contribution in [0, 0.1) is 5.41 Å². The van der Waals surface area contributed by atoms with Crippen LogP contribution in [-0.2, 0) is 6.18 Å². The van der Waals surface area contributed by atoms with E-state index in [0.29, 0.717) is 6.04 Å². The van der Waals surface area contributed by atoms with Crippen LogP contribution in [0.5, 0.6) is 0 Å². The van der Waals surface area contributed by atoms with Gasteiger partial charge < -0.3 is 5.32 Å². The minimum atomic E-state index is -4.30. The minimum Gasteiger partial charge on any atom is -0.314 e. The first kappa shape index (κ1) is 22.7. The second kappa shape index (κ2) is 8.85. The zero-order chi connectivity index (χ0) is 19.7. The van der Waals surface area contributed by atoms with Gasteiger partial charge in [0.2, 0.25) is 0 Å². The topological polar surface area (TPSA) is 15.3 Å². The lowest BCUT2D eigenvalue weighted by molar-refractivity contribution is -0.137. The number of benzene rings is 2. The highest BCUT2D eigenvalue weighted by Gasteiger charge is 2.32. The minimum absolute atomic E-state index is 0. The maximum atomic E-state index is 12.7. The van der Waals surface area contributed by atoms with Crippen LogP contribution in [0.2, 0.25) is 0 Å². The van der Waals surface area contributed by atoms with Crippen molar-refractivity contribution in [2.75, 3.05) is 26.2 Å². The number of halogens is 4. The van der Waals surface area contributed by atoms with Crippen molar-refractivity contribution in [1.29, 1.82) is 0 Å². The van der Waals surface area contributed by atoms with Crippen molar-refractivity contribution < 1.29 is 13.2 Å². The summed E-state index contributed by atoms with van der Waals surface area (Å²) in [7, 11) is 0. The molecule has 1 aliphatic rings. The summed E-state index contributed by atoms with van der Waals surface area (Å²) < 4.78 is 38.2. The highest BCUT2D eigenvalue weighted by Crippen LogP contribution is 2.39. The molecule has 28 heavy (non-hydrogen) atoms. The number of nitrogens with one attached hydrogen (secondary N) is 1. The smallest absolute Gasteiger partial charge is 0.314 e. The number of rotatable bonds is 3. The third-order valence-corrected chi connectivity index (χ3v) is 5.11. The quantitative estimate of drug-likeness (QED) is 0.686. The molecule has 2 aromatic rings. The summed E-state index contributed by atoms with van der Waals surface area (Å²) >= 11 is 0. The van der Waals surface area contributed by atoms with Gasteiger partial charge in [-0.05, 0) is 34.2 Å². The Morgan fingerprint density at radius 3 is 1.71 bits per heavy atom. The van der Waals surface area contributed by atoms with Gasteiger partial charge in [-0.15, -0.1) is 12.4 Å². The molecule has 2 aromatic carbocycles. The van der Waals surface area contributed by atoms with Crippen molar-refractivity contribution in [2.45, 2.75) is 33.0 Å². The van der Waals surface area contributed by atoms with E-state index in [1.807, 2.05) is 12.1 Å². The van der Waals surface area contributed by atoms with E-state index in [9.17, 15) is 13.2 Å². The van der Waals surface area contributed by atoms with Crippen molar-refractivity contribution in [1.82, 2.24) is 10.2 Å². The number of nitrogens with zero attached hydrogens (tertiary/aromatic N) is 1.